The number of amides is 1. The van der Waals surface area contributed by atoms with Crippen molar-refractivity contribution in [2.45, 2.75) is 6.92 Å². The number of rotatable bonds is 2. The second-order valence-corrected chi connectivity index (χ2v) is 4.84. The number of hydrogen-bond acceptors (Lipinski definition) is 3. The van der Waals surface area contributed by atoms with E-state index in [0.29, 0.717) is 11.1 Å². The molecule has 0 unspecified atom stereocenters. The number of anilines is 2. The molecule has 0 aromatic heterocycles. The van der Waals surface area contributed by atoms with Gasteiger partial charge in [-0.25, -0.2) is 0 Å². The van der Waals surface area contributed by atoms with E-state index >= 15 is 0 Å². The van der Waals surface area contributed by atoms with Crippen molar-refractivity contribution in [3.05, 3.63) is 65.4 Å². The van der Waals surface area contributed by atoms with E-state index in [9.17, 15) is 4.79 Å². The normalized spacial score (nSPS) is 14.5. The van der Waals surface area contributed by atoms with Gasteiger partial charge >= 0.3 is 0 Å². The number of aryl methyl sites for hydroxylation is 1. The van der Waals surface area contributed by atoms with Gasteiger partial charge < -0.3 is 10.6 Å². The molecule has 2 aromatic carbocycles. The van der Waals surface area contributed by atoms with Crippen LogP contribution in [0.25, 0.3) is 5.57 Å². The molecule has 1 aliphatic heterocycles. The summed E-state index contributed by atoms with van der Waals surface area (Å²) in [6, 6.07) is 14.9. The number of nitriles is 1. The SMILES string of the molecule is Cc1cccc2c1C(=CNc1ccc(C#N)cc1)C(=O)N2. The summed E-state index contributed by atoms with van der Waals surface area (Å²) in [6.45, 7) is 1.98. The lowest BCUT2D eigenvalue weighted by Gasteiger charge is -2.04. The van der Waals surface area contributed by atoms with Gasteiger partial charge in [-0.1, -0.05) is 12.1 Å². The second-order valence-electron chi connectivity index (χ2n) is 4.84. The van der Waals surface area contributed by atoms with Gasteiger partial charge in [0.1, 0.15) is 0 Å². The summed E-state index contributed by atoms with van der Waals surface area (Å²) in [6.07, 6.45) is 1.70. The van der Waals surface area contributed by atoms with E-state index in [0.717, 1.165) is 22.5 Å². The summed E-state index contributed by atoms with van der Waals surface area (Å²) in [5, 5.41) is 14.7. The number of carbonyl (C=O) groups is 1. The van der Waals surface area contributed by atoms with Crippen molar-refractivity contribution < 1.29 is 4.79 Å². The van der Waals surface area contributed by atoms with Crippen LogP contribution < -0.4 is 10.6 Å². The lowest BCUT2D eigenvalue weighted by atomic mass is 10.0. The largest absolute Gasteiger partial charge is 0.361 e. The molecule has 1 amide bonds. The van der Waals surface area contributed by atoms with E-state index in [-0.39, 0.29) is 5.91 Å². The summed E-state index contributed by atoms with van der Waals surface area (Å²) in [4.78, 5) is 12.0. The van der Waals surface area contributed by atoms with E-state index in [2.05, 4.69) is 16.7 Å². The Morgan fingerprint density at radius 2 is 1.95 bits per heavy atom. The maximum atomic E-state index is 12.0. The van der Waals surface area contributed by atoms with E-state index in [1.807, 2.05) is 25.1 Å². The summed E-state index contributed by atoms with van der Waals surface area (Å²) < 4.78 is 0. The maximum Gasteiger partial charge on any atom is 0.257 e. The van der Waals surface area contributed by atoms with Crippen LogP contribution >= 0.6 is 0 Å². The van der Waals surface area contributed by atoms with Crippen molar-refractivity contribution in [2.24, 2.45) is 0 Å². The number of nitrogens with one attached hydrogen (secondary N) is 2. The summed E-state index contributed by atoms with van der Waals surface area (Å²) in [5.74, 6) is -0.111. The fourth-order valence-corrected chi connectivity index (χ4v) is 2.37. The minimum absolute atomic E-state index is 0.111. The predicted molar refractivity (Wildman–Crippen MR) is 82.6 cm³/mol. The van der Waals surface area contributed by atoms with Crippen molar-refractivity contribution in [1.29, 1.82) is 5.26 Å². The number of benzene rings is 2. The molecule has 2 aromatic rings. The lowest BCUT2D eigenvalue weighted by molar-refractivity contribution is -0.110. The maximum absolute atomic E-state index is 12.0. The quantitative estimate of drug-likeness (QED) is 0.827. The zero-order chi connectivity index (χ0) is 14.8. The van der Waals surface area contributed by atoms with Crippen molar-refractivity contribution in [3.8, 4) is 6.07 Å². The highest BCUT2D eigenvalue weighted by atomic mass is 16.2. The van der Waals surface area contributed by atoms with Crippen LogP contribution in [0.2, 0.25) is 0 Å². The first-order chi connectivity index (χ1) is 10.2. The Morgan fingerprint density at radius 3 is 2.67 bits per heavy atom. The van der Waals surface area contributed by atoms with Gasteiger partial charge in [-0.3, -0.25) is 4.79 Å². The number of carbonyl (C=O) groups excluding carboxylic acids is 1. The molecule has 0 saturated carbocycles. The molecule has 102 valence electrons. The van der Waals surface area contributed by atoms with Gasteiger partial charge in [0.05, 0.1) is 17.2 Å². The van der Waals surface area contributed by atoms with E-state index in [1.54, 1.807) is 30.5 Å². The fraction of sp³-hybridized carbons (Fsp3) is 0.0588. The standard InChI is InChI=1S/C17H13N3O/c1-11-3-2-4-15-16(11)14(17(21)20-15)10-19-13-7-5-12(9-18)6-8-13/h2-8,10,19H,1H3,(H,20,21). The Kier molecular flexibility index (Phi) is 3.17. The van der Waals surface area contributed by atoms with Crippen LogP contribution in [0.5, 0.6) is 0 Å². The molecule has 4 heteroatoms. The number of hydrogen-bond donors (Lipinski definition) is 2. The van der Waals surface area contributed by atoms with Crippen molar-refractivity contribution in [2.75, 3.05) is 10.6 Å². The minimum atomic E-state index is -0.111. The van der Waals surface area contributed by atoms with Crippen LogP contribution in [0.15, 0.2) is 48.7 Å². The first kappa shape index (κ1) is 12.9. The van der Waals surface area contributed by atoms with Crippen LogP contribution in [0.3, 0.4) is 0 Å². The number of fused-ring (bicyclic) bond motifs is 1. The highest BCUT2D eigenvalue weighted by Gasteiger charge is 2.25. The fourth-order valence-electron chi connectivity index (χ4n) is 2.37. The molecule has 0 saturated heterocycles. The molecular weight excluding hydrogens is 262 g/mol. The molecule has 0 spiro atoms. The van der Waals surface area contributed by atoms with Gasteiger partial charge in [-0.2, -0.15) is 5.26 Å². The van der Waals surface area contributed by atoms with Crippen molar-refractivity contribution in [3.63, 3.8) is 0 Å². The molecular formula is C17H13N3O. The molecule has 0 radical (unpaired) electrons. The van der Waals surface area contributed by atoms with Gasteiger partial charge in [0.25, 0.3) is 5.91 Å². The van der Waals surface area contributed by atoms with Crippen molar-refractivity contribution in [1.82, 2.24) is 0 Å². The summed E-state index contributed by atoms with van der Waals surface area (Å²) in [7, 11) is 0. The molecule has 0 fully saturated rings. The van der Waals surface area contributed by atoms with Gasteiger partial charge in [0.15, 0.2) is 0 Å². The first-order valence-corrected chi connectivity index (χ1v) is 6.57. The zero-order valence-corrected chi connectivity index (χ0v) is 11.5. The van der Waals surface area contributed by atoms with E-state index < -0.39 is 0 Å². The van der Waals surface area contributed by atoms with Gasteiger partial charge in [0, 0.05) is 23.1 Å². The molecule has 0 atom stereocenters. The third-order valence-corrected chi connectivity index (χ3v) is 3.43. The zero-order valence-electron chi connectivity index (χ0n) is 11.5. The molecule has 0 bridgehead atoms. The van der Waals surface area contributed by atoms with Crippen molar-refractivity contribution >= 4 is 22.9 Å². The average Bonchev–Trinajstić information content (AvgIpc) is 2.82. The molecule has 4 nitrogen and oxygen atoms in total. The summed E-state index contributed by atoms with van der Waals surface area (Å²) in [5.41, 5.74) is 4.88. The second kappa shape index (κ2) is 5.14. The molecule has 3 rings (SSSR count). The molecule has 21 heavy (non-hydrogen) atoms. The summed E-state index contributed by atoms with van der Waals surface area (Å²) >= 11 is 0. The monoisotopic (exact) mass is 275 g/mol. The van der Waals surface area contributed by atoms with Gasteiger partial charge in [0.2, 0.25) is 0 Å². The Morgan fingerprint density at radius 1 is 1.19 bits per heavy atom. The third-order valence-electron chi connectivity index (χ3n) is 3.43. The Balaban J connectivity index is 1.90. The van der Waals surface area contributed by atoms with Gasteiger partial charge in [-0.15, -0.1) is 0 Å². The Hall–Kier alpha value is -3.06. The van der Waals surface area contributed by atoms with Crippen LogP contribution in [0.1, 0.15) is 16.7 Å². The van der Waals surface area contributed by atoms with Gasteiger partial charge in [-0.05, 0) is 42.8 Å². The highest BCUT2D eigenvalue weighted by Crippen LogP contribution is 2.34. The average molecular weight is 275 g/mol. The molecule has 1 aliphatic rings. The predicted octanol–water partition coefficient (Wildman–Crippen LogP) is 3.27. The molecule has 2 N–H and O–H groups in total. The van der Waals surface area contributed by atoms with E-state index in [1.165, 1.54) is 0 Å². The topological polar surface area (TPSA) is 64.9 Å². The third kappa shape index (κ3) is 2.37. The van der Waals surface area contributed by atoms with Crippen LogP contribution in [-0.4, -0.2) is 5.91 Å². The first-order valence-electron chi connectivity index (χ1n) is 6.57. The molecule has 1 heterocycles. The lowest BCUT2D eigenvalue weighted by Crippen LogP contribution is -2.05. The van der Waals surface area contributed by atoms with E-state index in [4.69, 9.17) is 5.26 Å². The van der Waals surface area contributed by atoms with Crippen LogP contribution in [0.4, 0.5) is 11.4 Å². The highest BCUT2D eigenvalue weighted by molar-refractivity contribution is 6.32. The molecule has 0 aliphatic carbocycles. The Bertz CT molecular complexity index is 783. The van der Waals surface area contributed by atoms with Crippen LogP contribution in [0, 0.1) is 18.3 Å². The minimum Gasteiger partial charge on any atom is -0.361 e. The number of nitrogens with zero attached hydrogens (tertiary/aromatic N) is 1. The smallest absolute Gasteiger partial charge is 0.257 e. The Labute approximate surface area is 122 Å². The van der Waals surface area contributed by atoms with Crippen LogP contribution in [-0.2, 0) is 4.79 Å².